The zero-order chi connectivity index (χ0) is 17.9. The van der Waals surface area contributed by atoms with Crippen LogP contribution in [0.4, 0.5) is 4.39 Å². The number of thioether (sulfide) groups is 1. The van der Waals surface area contributed by atoms with E-state index in [1.165, 1.54) is 6.07 Å². The molecule has 9 heteroatoms. The van der Waals surface area contributed by atoms with Crippen LogP contribution in [-0.2, 0) is 19.5 Å². The molecule has 0 saturated heterocycles. The van der Waals surface area contributed by atoms with Crippen molar-refractivity contribution in [2.45, 2.75) is 26.4 Å². The van der Waals surface area contributed by atoms with E-state index in [2.05, 4.69) is 39.0 Å². The Labute approximate surface area is 175 Å². The van der Waals surface area contributed by atoms with Crippen molar-refractivity contribution in [1.29, 1.82) is 0 Å². The van der Waals surface area contributed by atoms with Gasteiger partial charge in [0.25, 0.3) is 0 Å². The molecule has 0 spiro atoms. The number of aliphatic imine (C=N–C) groups is 1. The Bertz CT molecular complexity index is 679. The summed E-state index contributed by atoms with van der Waals surface area (Å²) in [6, 6.07) is 6.71. The average Bonchev–Trinajstić information content (AvgIpc) is 3.08. The molecule has 0 aliphatic carbocycles. The molecule has 0 aliphatic rings. The van der Waals surface area contributed by atoms with Crippen molar-refractivity contribution in [1.82, 2.24) is 25.4 Å². The first kappa shape index (κ1) is 22.7. The van der Waals surface area contributed by atoms with Crippen LogP contribution in [0.1, 0.15) is 18.3 Å². The van der Waals surface area contributed by atoms with Gasteiger partial charge in [-0.05, 0) is 12.3 Å². The Kier molecular flexibility index (Phi) is 11.3. The van der Waals surface area contributed by atoms with Crippen LogP contribution in [0.5, 0.6) is 0 Å². The molecule has 2 N–H and O–H groups in total. The molecule has 0 atom stereocenters. The maximum absolute atomic E-state index is 13.7. The van der Waals surface area contributed by atoms with Gasteiger partial charge in [0, 0.05) is 37.4 Å². The summed E-state index contributed by atoms with van der Waals surface area (Å²) in [6.45, 7) is 4.59. The highest BCUT2D eigenvalue weighted by Gasteiger charge is 2.04. The van der Waals surface area contributed by atoms with E-state index in [1.54, 1.807) is 30.2 Å². The predicted octanol–water partition coefficient (Wildman–Crippen LogP) is 2.70. The van der Waals surface area contributed by atoms with Gasteiger partial charge in [0.2, 0.25) is 0 Å². The number of benzene rings is 1. The molecule has 1 aromatic carbocycles. The van der Waals surface area contributed by atoms with Crippen molar-refractivity contribution in [3.63, 3.8) is 0 Å². The van der Waals surface area contributed by atoms with Crippen LogP contribution in [0.2, 0.25) is 0 Å². The molecule has 144 valence electrons. The van der Waals surface area contributed by atoms with Crippen LogP contribution < -0.4 is 10.6 Å². The Morgan fingerprint density at radius 1 is 1.27 bits per heavy atom. The molecule has 1 heterocycles. The lowest BCUT2D eigenvalue weighted by Crippen LogP contribution is -2.40. The van der Waals surface area contributed by atoms with Gasteiger partial charge in [-0.15, -0.1) is 34.2 Å². The predicted molar refractivity (Wildman–Crippen MR) is 117 cm³/mol. The van der Waals surface area contributed by atoms with Crippen LogP contribution in [0, 0.1) is 5.82 Å². The van der Waals surface area contributed by atoms with Gasteiger partial charge < -0.3 is 15.2 Å². The second-order valence-corrected chi connectivity index (χ2v) is 6.38. The first-order chi connectivity index (χ1) is 12.2. The minimum absolute atomic E-state index is 0. The molecule has 0 radical (unpaired) electrons. The Hall–Kier alpha value is -1.36. The smallest absolute Gasteiger partial charge is 0.191 e. The highest BCUT2D eigenvalue weighted by atomic mass is 127. The van der Waals surface area contributed by atoms with Gasteiger partial charge in [0.1, 0.15) is 18.0 Å². The lowest BCUT2D eigenvalue weighted by atomic mass is 10.2. The molecule has 2 aromatic rings. The zero-order valence-electron chi connectivity index (χ0n) is 15.1. The maximum Gasteiger partial charge on any atom is 0.191 e. The highest BCUT2D eigenvalue weighted by molar-refractivity contribution is 14.0. The van der Waals surface area contributed by atoms with Gasteiger partial charge in [-0.1, -0.05) is 25.1 Å². The van der Waals surface area contributed by atoms with Gasteiger partial charge in [-0.2, -0.15) is 11.8 Å². The van der Waals surface area contributed by atoms with E-state index in [0.29, 0.717) is 24.6 Å². The fourth-order valence-electron chi connectivity index (χ4n) is 2.27. The van der Waals surface area contributed by atoms with Gasteiger partial charge in [-0.3, -0.25) is 0 Å². The summed E-state index contributed by atoms with van der Waals surface area (Å²) < 4.78 is 15.8. The summed E-state index contributed by atoms with van der Waals surface area (Å²) in [6.07, 6.45) is 4.64. The van der Waals surface area contributed by atoms with Crippen LogP contribution in [0.25, 0.3) is 0 Å². The molecule has 26 heavy (non-hydrogen) atoms. The first-order valence-electron chi connectivity index (χ1n) is 8.35. The summed E-state index contributed by atoms with van der Waals surface area (Å²) in [5, 5.41) is 14.6. The number of rotatable bonds is 9. The number of nitrogens with one attached hydrogen (secondary N) is 2. The summed E-state index contributed by atoms with van der Waals surface area (Å²) in [4.78, 5) is 4.49. The second kappa shape index (κ2) is 12.9. The number of aryl methyl sites for hydroxylation is 1. The van der Waals surface area contributed by atoms with Crippen LogP contribution in [-0.4, -0.2) is 45.8 Å². The largest absolute Gasteiger partial charge is 0.356 e. The minimum Gasteiger partial charge on any atom is -0.356 e. The third-order valence-electron chi connectivity index (χ3n) is 3.62. The SMILES string of the molecule is CCc1nncn1CCNC(=NCc1ccccc1F)NCCSC.I. The van der Waals surface area contributed by atoms with E-state index in [9.17, 15) is 4.39 Å². The van der Waals surface area contributed by atoms with Gasteiger partial charge in [0.15, 0.2) is 5.96 Å². The Balaban J connectivity index is 0.00000338. The number of halogens is 2. The monoisotopic (exact) mass is 492 g/mol. The third kappa shape index (κ3) is 7.48. The van der Waals surface area contributed by atoms with Crippen molar-refractivity contribution < 1.29 is 4.39 Å². The molecule has 0 amide bonds. The van der Waals surface area contributed by atoms with E-state index >= 15 is 0 Å². The van der Waals surface area contributed by atoms with Gasteiger partial charge in [0.05, 0.1) is 6.54 Å². The van der Waals surface area contributed by atoms with E-state index < -0.39 is 0 Å². The molecule has 6 nitrogen and oxygen atoms in total. The molecule has 0 aliphatic heterocycles. The Morgan fingerprint density at radius 3 is 2.77 bits per heavy atom. The summed E-state index contributed by atoms with van der Waals surface area (Å²) >= 11 is 1.76. The lowest BCUT2D eigenvalue weighted by molar-refractivity contribution is 0.609. The number of hydrogen-bond donors (Lipinski definition) is 2. The molecule has 0 bridgehead atoms. The summed E-state index contributed by atoms with van der Waals surface area (Å²) in [7, 11) is 0. The van der Waals surface area contributed by atoms with E-state index in [-0.39, 0.29) is 29.8 Å². The van der Waals surface area contributed by atoms with Crippen LogP contribution in [0.15, 0.2) is 35.6 Å². The third-order valence-corrected chi connectivity index (χ3v) is 4.23. The standard InChI is InChI=1S/C17H25FN6S.HI/c1-3-16-23-22-13-24(16)10-8-19-17(20-9-11-25-2)21-12-14-6-4-5-7-15(14)18;/h4-7,13H,3,8-12H2,1-2H3,(H2,19,20,21);1H. The quantitative estimate of drug-likeness (QED) is 0.244. The number of aromatic nitrogens is 3. The van der Waals surface area contributed by atoms with Crippen molar-refractivity contribution in [2.75, 3.05) is 25.1 Å². The van der Waals surface area contributed by atoms with E-state index in [1.807, 2.05) is 10.6 Å². The van der Waals surface area contributed by atoms with Crippen molar-refractivity contribution >= 4 is 41.7 Å². The van der Waals surface area contributed by atoms with Crippen molar-refractivity contribution in [3.05, 3.63) is 47.8 Å². The normalized spacial score (nSPS) is 11.1. The highest BCUT2D eigenvalue weighted by Crippen LogP contribution is 2.07. The zero-order valence-corrected chi connectivity index (χ0v) is 18.3. The molecule has 0 fully saturated rings. The second-order valence-electron chi connectivity index (χ2n) is 5.40. The fraction of sp³-hybridized carbons (Fsp3) is 0.471. The number of guanidine groups is 1. The van der Waals surface area contributed by atoms with Crippen LogP contribution >= 0.6 is 35.7 Å². The molecule has 0 saturated carbocycles. The van der Waals surface area contributed by atoms with Crippen molar-refractivity contribution in [2.24, 2.45) is 4.99 Å². The number of nitrogens with zero attached hydrogens (tertiary/aromatic N) is 4. The minimum atomic E-state index is -0.230. The van der Waals surface area contributed by atoms with Gasteiger partial charge >= 0.3 is 0 Å². The van der Waals surface area contributed by atoms with Gasteiger partial charge in [-0.25, -0.2) is 9.38 Å². The maximum atomic E-state index is 13.7. The molecule has 1 aromatic heterocycles. The fourth-order valence-corrected chi connectivity index (χ4v) is 2.58. The van der Waals surface area contributed by atoms with E-state index in [0.717, 1.165) is 31.1 Å². The number of hydrogen-bond acceptors (Lipinski definition) is 4. The summed E-state index contributed by atoms with van der Waals surface area (Å²) in [5.41, 5.74) is 0.584. The molecular weight excluding hydrogens is 466 g/mol. The first-order valence-corrected chi connectivity index (χ1v) is 9.75. The molecule has 2 rings (SSSR count). The van der Waals surface area contributed by atoms with E-state index in [4.69, 9.17) is 0 Å². The average molecular weight is 492 g/mol. The lowest BCUT2D eigenvalue weighted by Gasteiger charge is -2.13. The Morgan fingerprint density at radius 2 is 2.04 bits per heavy atom. The van der Waals surface area contributed by atoms with Crippen LogP contribution in [0.3, 0.4) is 0 Å². The molecule has 0 unspecified atom stereocenters. The topological polar surface area (TPSA) is 67.1 Å². The molecular formula is C17H26FIN6S. The van der Waals surface area contributed by atoms with Crippen molar-refractivity contribution in [3.8, 4) is 0 Å². The summed E-state index contributed by atoms with van der Waals surface area (Å²) in [5.74, 6) is 2.39.